The van der Waals surface area contributed by atoms with Gasteiger partial charge >= 0.3 is 0 Å². The van der Waals surface area contributed by atoms with E-state index >= 15 is 0 Å². The number of benzene rings is 2. The van der Waals surface area contributed by atoms with Crippen molar-refractivity contribution in [1.82, 2.24) is 5.32 Å². The topological polar surface area (TPSA) is 47.6 Å². The maximum Gasteiger partial charge on any atom is 0.258 e. The second kappa shape index (κ2) is 7.01. The van der Waals surface area contributed by atoms with E-state index in [2.05, 4.69) is 27.9 Å². The van der Waals surface area contributed by atoms with Crippen LogP contribution >= 0.6 is 22.6 Å². The number of rotatable bonds is 4. The maximum absolute atomic E-state index is 12.3. The smallest absolute Gasteiger partial charge is 0.258 e. The minimum Gasteiger partial charge on any atom is -0.487 e. The lowest BCUT2D eigenvalue weighted by molar-refractivity contribution is -0.124. The minimum absolute atomic E-state index is 0.000541. The molecule has 126 valence electrons. The first-order chi connectivity index (χ1) is 11.4. The molecule has 0 saturated carbocycles. The fourth-order valence-corrected chi connectivity index (χ4v) is 3.21. The first kappa shape index (κ1) is 17.1. The molecule has 3 rings (SSSR count). The molecule has 1 unspecified atom stereocenters. The molecule has 0 aliphatic carbocycles. The van der Waals surface area contributed by atoms with Crippen molar-refractivity contribution in [2.24, 2.45) is 0 Å². The standard InChI is InChI=1S/C19H20INO3/c1-19(2)11-16(15-5-3-4-6-17(15)24-19)21-18(22)12-23-14-9-7-13(20)8-10-14/h3-10,16H,11-12H2,1-2H3,(H,21,22). The Bertz CT molecular complexity index is 728. The van der Waals surface area contributed by atoms with E-state index < -0.39 is 0 Å². The summed E-state index contributed by atoms with van der Waals surface area (Å²) in [5.74, 6) is 1.39. The number of fused-ring (bicyclic) bond motifs is 1. The van der Waals surface area contributed by atoms with Gasteiger partial charge in [0, 0.05) is 15.6 Å². The molecule has 1 N–H and O–H groups in total. The molecular weight excluding hydrogens is 417 g/mol. The van der Waals surface area contributed by atoms with Crippen molar-refractivity contribution in [2.75, 3.05) is 6.61 Å². The Morgan fingerprint density at radius 1 is 1.25 bits per heavy atom. The van der Waals surface area contributed by atoms with Crippen LogP contribution in [0.2, 0.25) is 0 Å². The summed E-state index contributed by atoms with van der Waals surface area (Å²) in [6.45, 7) is 4.06. The van der Waals surface area contributed by atoms with Crippen LogP contribution in [0.15, 0.2) is 48.5 Å². The third-order valence-corrected chi connectivity index (χ3v) is 4.61. The highest BCUT2D eigenvalue weighted by Crippen LogP contribution is 2.39. The second-order valence-corrected chi connectivity index (χ2v) is 7.71. The summed E-state index contributed by atoms with van der Waals surface area (Å²) in [6.07, 6.45) is 0.722. The van der Waals surface area contributed by atoms with Crippen LogP contribution < -0.4 is 14.8 Å². The van der Waals surface area contributed by atoms with Crippen molar-refractivity contribution >= 4 is 28.5 Å². The van der Waals surface area contributed by atoms with Crippen molar-refractivity contribution in [3.8, 4) is 11.5 Å². The molecule has 1 heterocycles. The summed E-state index contributed by atoms with van der Waals surface area (Å²) in [5.41, 5.74) is 0.697. The van der Waals surface area contributed by atoms with Gasteiger partial charge in [0.2, 0.25) is 0 Å². The third kappa shape index (κ3) is 4.20. The average molecular weight is 437 g/mol. The number of amides is 1. The normalized spacial score (nSPS) is 18.2. The van der Waals surface area contributed by atoms with Gasteiger partial charge in [-0.05, 0) is 66.8 Å². The highest BCUT2D eigenvalue weighted by atomic mass is 127. The Labute approximate surface area is 155 Å². The van der Waals surface area contributed by atoms with E-state index in [1.54, 1.807) is 0 Å². The Morgan fingerprint density at radius 2 is 1.96 bits per heavy atom. The second-order valence-electron chi connectivity index (χ2n) is 6.47. The van der Waals surface area contributed by atoms with Gasteiger partial charge in [-0.1, -0.05) is 18.2 Å². The summed E-state index contributed by atoms with van der Waals surface area (Å²) in [5, 5.41) is 3.07. The van der Waals surface area contributed by atoms with Gasteiger partial charge in [-0.2, -0.15) is 0 Å². The quantitative estimate of drug-likeness (QED) is 0.734. The SMILES string of the molecule is CC1(C)CC(NC(=O)COc2ccc(I)cc2)c2ccccc2O1. The molecule has 1 aliphatic rings. The third-order valence-electron chi connectivity index (χ3n) is 3.90. The zero-order valence-electron chi connectivity index (χ0n) is 13.7. The van der Waals surface area contributed by atoms with Gasteiger partial charge in [-0.15, -0.1) is 0 Å². The van der Waals surface area contributed by atoms with E-state index in [4.69, 9.17) is 9.47 Å². The van der Waals surface area contributed by atoms with E-state index in [0.29, 0.717) is 5.75 Å². The number of halogens is 1. The predicted molar refractivity (Wildman–Crippen MR) is 101 cm³/mol. The van der Waals surface area contributed by atoms with Gasteiger partial charge in [0.05, 0.1) is 6.04 Å². The van der Waals surface area contributed by atoms with Gasteiger partial charge in [0.25, 0.3) is 5.91 Å². The highest BCUT2D eigenvalue weighted by molar-refractivity contribution is 14.1. The Kier molecular flexibility index (Phi) is 4.99. The van der Waals surface area contributed by atoms with E-state index in [1.807, 2.05) is 62.4 Å². The van der Waals surface area contributed by atoms with Gasteiger partial charge < -0.3 is 14.8 Å². The van der Waals surface area contributed by atoms with Crippen LogP contribution in [0.1, 0.15) is 31.9 Å². The maximum atomic E-state index is 12.3. The van der Waals surface area contributed by atoms with E-state index in [0.717, 1.165) is 21.3 Å². The highest BCUT2D eigenvalue weighted by Gasteiger charge is 2.34. The van der Waals surface area contributed by atoms with Crippen LogP contribution in [0.25, 0.3) is 0 Å². The zero-order valence-corrected chi connectivity index (χ0v) is 15.9. The molecule has 0 fully saturated rings. The van der Waals surface area contributed by atoms with Gasteiger partial charge in [-0.25, -0.2) is 0 Å². The lowest BCUT2D eigenvalue weighted by Crippen LogP contribution is -2.42. The Balaban J connectivity index is 1.64. The van der Waals surface area contributed by atoms with Crippen molar-refractivity contribution in [3.05, 3.63) is 57.7 Å². The van der Waals surface area contributed by atoms with Crippen LogP contribution in [0.4, 0.5) is 0 Å². The van der Waals surface area contributed by atoms with Gasteiger partial charge in [0.1, 0.15) is 17.1 Å². The number of nitrogens with one attached hydrogen (secondary N) is 1. The zero-order chi connectivity index (χ0) is 17.2. The lowest BCUT2D eigenvalue weighted by Gasteiger charge is -2.37. The van der Waals surface area contributed by atoms with E-state index in [-0.39, 0.29) is 24.2 Å². The van der Waals surface area contributed by atoms with Crippen molar-refractivity contribution in [3.63, 3.8) is 0 Å². The molecule has 0 radical (unpaired) electrons. The fraction of sp³-hybridized carbons (Fsp3) is 0.316. The number of para-hydroxylation sites is 1. The molecule has 4 nitrogen and oxygen atoms in total. The molecule has 2 aromatic carbocycles. The molecular formula is C19H20INO3. The molecule has 1 atom stereocenters. The molecule has 5 heteroatoms. The van der Waals surface area contributed by atoms with Crippen molar-refractivity contribution in [1.29, 1.82) is 0 Å². The van der Waals surface area contributed by atoms with Crippen molar-refractivity contribution < 1.29 is 14.3 Å². The van der Waals surface area contributed by atoms with Gasteiger partial charge in [-0.3, -0.25) is 4.79 Å². The van der Waals surface area contributed by atoms with Crippen LogP contribution in [-0.2, 0) is 4.79 Å². The average Bonchev–Trinajstić information content (AvgIpc) is 2.53. The molecule has 0 spiro atoms. The van der Waals surface area contributed by atoms with Crippen LogP contribution in [0, 0.1) is 3.57 Å². The summed E-state index contributed by atoms with van der Waals surface area (Å²) in [6, 6.07) is 15.4. The molecule has 1 aliphatic heterocycles. The summed E-state index contributed by atoms with van der Waals surface area (Å²) in [4.78, 5) is 12.3. The van der Waals surface area contributed by atoms with Crippen molar-refractivity contribution in [2.45, 2.75) is 31.9 Å². The van der Waals surface area contributed by atoms with Crippen LogP contribution in [-0.4, -0.2) is 18.1 Å². The number of ether oxygens (including phenoxy) is 2. The van der Waals surface area contributed by atoms with E-state index in [1.165, 1.54) is 0 Å². The summed E-state index contributed by atoms with van der Waals surface area (Å²) >= 11 is 2.23. The monoisotopic (exact) mass is 437 g/mol. The predicted octanol–water partition coefficient (Wildman–Crippen LogP) is 4.09. The van der Waals surface area contributed by atoms with Gasteiger partial charge in [0.15, 0.2) is 6.61 Å². The summed E-state index contributed by atoms with van der Waals surface area (Å²) in [7, 11) is 0. The van der Waals surface area contributed by atoms with Crippen LogP contribution in [0.3, 0.4) is 0 Å². The Morgan fingerprint density at radius 3 is 2.71 bits per heavy atom. The van der Waals surface area contributed by atoms with E-state index in [9.17, 15) is 4.79 Å². The summed E-state index contributed by atoms with van der Waals surface area (Å²) < 4.78 is 12.7. The molecule has 0 bridgehead atoms. The first-order valence-electron chi connectivity index (χ1n) is 7.89. The Hall–Kier alpha value is -1.76. The number of carbonyl (C=O) groups excluding carboxylic acids is 1. The number of hydrogen-bond donors (Lipinski definition) is 1. The molecule has 1 amide bonds. The largest absolute Gasteiger partial charge is 0.487 e. The molecule has 0 saturated heterocycles. The number of carbonyl (C=O) groups is 1. The van der Waals surface area contributed by atoms with Crippen LogP contribution in [0.5, 0.6) is 11.5 Å². The minimum atomic E-state index is -0.316. The first-order valence-corrected chi connectivity index (χ1v) is 8.96. The fourth-order valence-electron chi connectivity index (χ4n) is 2.85. The number of hydrogen-bond acceptors (Lipinski definition) is 3. The lowest BCUT2D eigenvalue weighted by atomic mass is 9.90. The molecule has 24 heavy (non-hydrogen) atoms. The molecule has 2 aromatic rings. The molecule has 0 aromatic heterocycles.